The first kappa shape index (κ1) is 16.0. The van der Waals surface area contributed by atoms with Gasteiger partial charge in [0.15, 0.2) is 11.5 Å². The lowest BCUT2D eigenvalue weighted by atomic mass is 10.2. The lowest BCUT2D eigenvalue weighted by Gasteiger charge is -2.08. The van der Waals surface area contributed by atoms with E-state index in [0.717, 1.165) is 24.1 Å². The molecule has 1 amide bonds. The molecule has 0 saturated heterocycles. The molecule has 7 heteroatoms. The molecule has 0 fully saturated rings. The number of nitrogens with one attached hydrogen (secondary N) is 1. The molecule has 0 radical (unpaired) electrons. The van der Waals surface area contributed by atoms with Crippen molar-refractivity contribution in [2.24, 2.45) is 0 Å². The highest BCUT2D eigenvalue weighted by Gasteiger charge is 2.13. The lowest BCUT2D eigenvalue weighted by Crippen LogP contribution is -2.32. The van der Waals surface area contributed by atoms with Crippen LogP contribution in [-0.4, -0.2) is 22.3 Å². The van der Waals surface area contributed by atoms with E-state index in [1.54, 1.807) is 0 Å². The van der Waals surface area contributed by atoms with Gasteiger partial charge in [-0.25, -0.2) is 4.98 Å². The highest BCUT2D eigenvalue weighted by molar-refractivity contribution is 5.75. The molecule has 0 aliphatic carbocycles. The van der Waals surface area contributed by atoms with Gasteiger partial charge in [0.2, 0.25) is 12.7 Å². The van der Waals surface area contributed by atoms with Crippen molar-refractivity contribution in [3.63, 3.8) is 0 Å². The van der Waals surface area contributed by atoms with Crippen molar-refractivity contribution in [3.05, 3.63) is 52.2 Å². The first-order chi connectivity index (χ1) is 11.7. The molecule has 1 N–H and O–H groups in total. The van der Waals surface area contributed by atoms with E-state index in [9.17, 15) is 9.59 Å². The summed E-state index contributed by atoms with van der Waals surface area (Å²) in [5, 5.41) is 2.78. The Labute approximate surface area is 139 Å². The van der Waals surface area contributed by atoms with Crippen LogP contribution in [0.15, 0.2) is 35.4 Å². The van der Waals surface area contributed by atoms with Crippen molar-refractivity contribution in [1.29, 1.82) is 0 Å². The van der Waals surface area contributed by atoms with E-state index in [-0.39, 0.29) is 24.8 Å². The summed E-state index contributed by atoms with van der Waals surface area (Å²) < 4.78 is 11.8. The topological polar surface area (TPSA) is 82.5 Å². The quantitative estimate of drug-likeness (QED) is 0.862. The third-order valence-electron chi connectivity index (χ3n) is 3.68. The zero-order chi connectivity index (χ0) is 16.9. The van der Waals surface area contributed by atoms with Gasteiger partial charge in [-0.05, 0) is 24.1 Å². The van der Waals surface area contributed by atoms with E-state index in [0.29, 0.717) is 18.0 Å². The maximum atomic E-state index is 12.0. The van der Waals surface area contributed by atoms with Crippen LogP contribution < -0.4 is 20.3 Å². The van der Waals surface area contributed by atoms with Crippen LogP contribution in [0, 0.1) is 0 Å². The molecule has 1 aromatic heterocycles. The molecule has 0 saturated carbocycles. The van der Waals surface area contributed by atoms with Gasteiger partial charge in [0.25, 0.3) is 5.56 Å². The van der Waals surface area contributed by atoms with Crippen LogP contribution in [0.3, 0.4) is 0 Å². The smallest absolute Gasteiger partial charge is 0.253 e. The number of rotatable bonds is 6. The van der Waals surface area contributed by atoms with Crippen LogP contribution in [0.1, 0.15) is 24.6 Å². The third-order valence-corrected chi connectivity index (χ3v) is 3.68. The molecule has 1 aliphatic rings. The summed E-state index contributed by atoms with van der Waals surface area (Å²) >= 11 is 0. The molecule has 126 valence electrons. The highest BCUT2D eigenvalue weighted by atomic mass is 16.7. The largest absolute Gasteiger partial charge is 0.454 e. The summed E-state index contributed by atoms with van der Waals surface area (Å²) in [7, 11) is 0. The number of hydrogen-bond acceptors (Lipinski definition) is 5. The number of benzene rings is 1. The fourth-order valence-corrected chi connectivity index (χ4v) is 2.44. The number of aryl methyl sites for hydroxylation is 1. The summed E-state index contributed by atoms with van der Waals surface area (Å²) in [6.07, 6.45) is 3.10. The Morgan fingerprint density at radius 2 is 2.12 bits per heavy atom. The number of hydrogen-bond donors (Lipinski definition) is 1. The predicted molar refractivity (Wildman–Crippen MR) is 86.9 cm³/mol. The fraction of sp³-hybridized carbons (Fsp3) is 0.353. The van der Waals surface area contributed by atoms with E-state index >= 15 is 0 Å². The molecular weight excluding hydrogens is 310 g/mol. The maximum absolute atomic E-state index is 12.0. The van der Waals surface area contributed by atoms with E-state index < -0.39 is 0 Å². The first-order valence-electron chi connectivity index (χ1n) is 7.86. The van der Waals surface area contributed by atoms with Crippen molar-refractivity contribution < 1.29 is 14.3 Å². The van der Waals surface area contributed by atoms with Gasteiger partial charge in [0, 0.05) is 18.3 Å². The number of ether oxygens (including phenoxy) is 2. The summed E-state index contributed by atoms with van der Waals surface area (Å²) in [5.41, 5.74) is 1.43. The Bertz CT molecular complexity index is 801. The molecule has 0 unspecified atom stereocenters. The summed E-state index contributed by atoms with van der Waals surface area (Å²) in [6.45, 7) is 2.54. The molecule has 0 atom stereocenters. The molecule has 7 nitrogen and oxygen atoms in total. The van der Waals surface area contributed by atoms with Crippen LogP contribution in [0.2, 0.25) is 0 Å². The SMILES string of the molecule is CCCc1cc(=O)n(CC(=O)NCc2ccc3c(c2)OCO3)cn1. The number of carbonyl (C=O) groups is 1. The number of amides is 1. The maximum Gasteiger partial charge on any atom is 0.253 e. The lowest BCUT2D eigenvalue weighted by molar-refractivity contribution is -0.121. The molecule has 0 spiro atoms. The first-order valence-corrected chi connectivity index (χ1v) is 7.86. The Balaban J connectivity index is 1.57. The normalized spacial score (nSPS) is 12.2. The van der Waals surface area contributed by atoms with Gasteiger partial charge in [-0.2, -0.15) is 0 Å². The van der Waals surface area contributed by atoms with Crippen molar-refractivity contribution in [1.82, 2.24) is 14.9 Å². The predicted octanol–water partition coefficient (Wildman–Crippen LogP) is 1.24. The Hall–Kier alpha value is -2.83. The van der Waals surface area contributed by atoms with Crippen LogP contribution in [0.5, 0.6) is 11.5 Å². The minimum atomic E-state index is -0.250. The van der Waals surface area contributed by atoms with Gasteiger partial charge < -0.3 is 14.8 Å². The van der Waals surface area contributed by atoms with E-state index in [1.165, 1.54) is 17.0 Å². The molecule has 24 heavy (non-hydrogen) atoms. The molecule has 0 bridgehead atoms. The van der Waals surface area contributed by atoms with Crippen molar-refractivity contribution in [2.45, 2.75) is 32.9 Å². The van der Waals surface area contributed by atoms with Gasteiger partial charge in [-0.3, -0.25) is 14.2 Å². The number of fused-ring (bicyclic) bond motifs is 1. The van der Waals surface area contributed by atoms with Gasteiger partial charge in [0.1, 0.15) is 6.54 Å². The van der Waals surface area contributed by atoms with Gasteiger partial charge in [0.05, 0.1) is 6.33 Å². The average Bonchev–Trinajstić information content (AvgIpc) is 3.03. The molecular formula is C17H19N3O4. The average molecular weight is 329 g/mol. The van der Waals surface area contributed by atoms with Crippen LogP contribution in [0.4, 0.5) is 0 Å². The highest BCUT2D eigenvalue weighted by Crippen LogP contribution is 2.32. The number of nitrogens with zero attached hydrogens (tertiary/aromatic N) is 2. The molecule has 1 aromatic carbocycles. The summed E-state index contributed by atoms with van der Waals surface area (Å²) in [6, 6.07) is 6.98. The standard InChI is InChI=1S/C17H19N3O4/c1-2-3-13-7-17(22)20(10-19-13)9-16(21)18-8-12-4-5-14-15(6-12)24-11-23-14/h4-7,10H,2-3,8-9,11H2,1H3,(H,18,21). The van der Waals surface area contributed by atoms with Crippen LogP contribution >= 0.6 is 0 Å². The van der Waals surface area contributed by atoms with Crippen LogP contribution in [-0.2, 0) is 24.3 Å². The van der Waals surface area contributed by atoms with E-state index in [4.69, 9.17) is 9.47 Å². The monoisotopic (exact) mass is 329 g/mol. The minimum Gasteiger partial charge on any atom is -0.454 e. The minimum absolute atomic E-state index is 0.0528. The Morgan fingerprint density at radius 1 is 1.29 bits per heavy atom. The van der Waals surface area contributed by atoms with Crippen molar-refractivity contribution >= 4 is 5.91 Å². The summed E-state index contributed by atoms with van der Waals surface area (Å²) in [4.78, 5) is 28.2. The molecule has 2 aromatic rings. The third kappa shape index (κ3) is 3.73. The zero-order valence-electron chi connectivity index (χ0n) is 13.4. The van der Waals surface area contributed by atoms with Crippen molar-refractivity contribution in [3.8, 4) is 11.5 Å². The van der Waals surface area contributed by atoms with Crippen LogP contribution in [0.25, 0.3) is 0 Å². The van der Waals surface area contributed by atoms with Gasteiger partial charge in [-0.15, -0.1) is 0 Å². The number of carbonyl (C=O) groups excluding carboxylic acids is 1. The zero-order valence-corrected chi connectivity index (χ0v) is 13.4. The Morgan fingerprint density at radius 3 is 2.92 bits per heavy atom. The van der Waals surface area contributed by atoms with E-state index in [2.05, 4.69) is 10.3 Å². The summed E-state index contributed by atoms with van der Waals surface area (Å²) in [5.74, 6) is 1.13. The second kappa shape index (κ2) is 7.16. The number of aromatic nitrogens is 2. The Kier molecular flexibility index (Phi) is 4.79. The second-order valence-corrected chi connectivity index (χ2v) is 5.56. The fourth-order valence-electron chi connectivity index (χ4n) is 2.44. The molecule has 3 rings (SSSR count). The molecule has 1 aliphatic heterocycles. The molecule has 2 heterocycles. The second-order valence-electron chi connectivity index (χ2n) is 5.56. The van der Waals surface area contributed by atoms with Gasteiger partial charge >= 0.3 is 0 Å². The van der Waals surface area contributed by atoms with Gasteiger partial charge in [-0.1, -0.05) is 19.4 Å². The van der Waals surface area contributed by atoms with Crippen molar-refractivity contribution in [2.75, 3.05) is 6.79 Å². The van der Waals surface area contributed by atoms with E-state index in [1.807, 2.05) is 25.1 Å².